The minimum absolute atomic E-state index is 0.0879. The molecule has 0 amide bonds. The van der Waals surface area contributed by atoms with Crippen LogP contribution >= 0.6 is 7.14 Å². The molecule has 37 nitrogen and oxygen atoms in total. The maximum Gasteiger partial charge on any atom is 0.388 e. The van der Waals surface area contributed by atoms with E-state index in [2.05, 4.69) is 209 Å². The van der Waals surface area contributed by atoms with Crippen molar-refractivity contribution in [2.24, 2.45) is 21.7 Å². The summed E-state index contributed by atoms with van der Waals surface area (Å²) in [6.07, 6.45) is 8.56. The lowest BCUT2D eigenvalue weighted by molar-refractivity contribution is -0.125. The molecule has 7 aliphatic heterocycles. The van der Waals surface area contributed by atoms with Crippen molar-refractivity contribution in [2.45, 2.75) is 341 Å². The molecular weight excluding hydrogens is 1810 g/mol. The van der Waals surface area contributed by atoms with E-state index in [4.69, 9.17) is 81.3 Å². The van der Waals surface area contributed by atoms with E-state index in [9.17, 15) is 62.9 Å². The van der Waals surface area contributed by atoms with Gasteiger partial charge in [0.15, 0.2) is 32.1 Å². The van der Waals surface area contributed by atoms with E-state index in [0.717, 1.165) is 16.9 Å². The zero-order chi connectivity index (χ0) is 99.5. The van der Waals surface area contributed by atoms with Crippen LogP contribution in [0.3, 0.4) is 0 Å². The third kappa shape index (κ3) is 21.4. The lowest BCUT2D eigenvalue weighted by Crippen LogP contribution is -2.66. The fraction of sp³-hybridized carbons (Fsp3) is 0.724. The second kappa shape index (κ2) is 42.7. The average molecular weight is 1960 g/mol. The van der Waals surface area contributed by atoms with Crippen molar-refractivity contribution < 1.29 is 87.0 Å². The van der Waals surface area contributed by atoms with Crippen LogP contribution in [0.15, 0.2) is 87.4 Å². The van der Waals surface area contributed by atoms with Crippen LogP contribution in [0.25, 0.3) is 5.53 Å². The van der Waals surface area contributed by atoms with E-state index in [1.54, 1.807) is 20.8 Å². The molecule has 6 N–H and O–H groups in total. The molecule has 4 aromatic rings. The van der Waals surface area contributed by atoms with Gasteiger partial charge in [-0.15, -0.1) is 12.8 Å². The number of nitrogens with zero attached hydrogens (tertiary/aromatic N) is 7. The molecule has 11 heterocycles. The largest absolute Gasteiger partial charge is 0.414 e. The first kappa shape index (κ1) is 111. The quantitative estimate of drug-likeness (QED) is 0.00910. The summed E-state index contributed by atoms with van der Waals surface area (Å²) in [5.41, 5.74) is 0.603. The second-order valence-electron chi connectivity index (χ2n) is 39.9. The average Bonchev–Trinajstić information content (AvgIpc) is 1.59. The standard InChI is InChI=1S/C24H40N2O6Si2.C23H39N3O6Si2.C23H40N2O7Si2.C12H14N2O5.C5H9N2O2P/c1-11-24(10)21-19(30-22(24)26-13-12-20(27)25-23(26)28)14-29-33(15(2)3,16(4)5)32-34(31-21,17(6)7)18(8)9;1-14(2)33(15(3)4)29-12-18-20(31-34(32-33,16(5)6)17(7)8)23(9,13-24)21(30-18)26-11-10-19(27)25-22(26)28;1-14(2)33(15(3)4)29-12-18-20(31-34(32-33,16(5)6)17(7)8)23(9,13-26)21(30-18)25-11-10-19(27)24-22(25)28;1-3-12(2)9(17)7(6-15)19-10(12)14-5-4-8(16)13-11(14)18;1-4(8)5(7-6)10(2,3)9/h1,12-13,15-19,21-22H,14H2,2-10H3,(H,25,27,28);10-11,14-18,20-21H,12H2,1-9H3,(H,25,27,28);10-11,13-18,20-21H,12H2,1-9H3,(H,24,27,28);1,4-5,7,9-10,15,17H,6H2,2H3,(H,13,16,18);1-3H3/t19-,21-,22-,24-;2*18-,20-,21-,23-;7-,9-,10-,12-;/m1111./s1. The number of fused-ring (bicyclic) bond motifs is 3. The van der Waals surface area contributed by atoms with Gasteiger partial charge in [0.2, 0.25) is 5.78 Å². The first-order chi connectivity index (χ1) is 60.6. The summed E-state index contributed by atoms with van der Waals surface area (Å²) in [5, 5.41) is 29.6. The van der Waals surface area contributed by atoms with Crippen molar-refractivity contribution in [1.29, 1.82) is 5.26 Å². The number of Topliss-reactive ketones (excluding diaryl/α,β-unsaturated/α-hetero) is 1. The highest BCUT2D eigenvalue weighted by atomic mass is 31.2. The van der Waals surface area contributed by atoms with Gasteiger partial charge in [-0.05, 0) is 108 Å². The van der Waals surface area contributed by atoms with Crippen molar-refractivity contribution >= 4 is 76.0 Å². The molecule has 0 radical (unpaired) electrons. The summed E-state index contributed by atoms with van der Waals surface area (Å²) < 4.78 is 104. The number of carbonyl (C=O) groups excluding carboxylic acids is 2. The normalized spacial score (nSPS) is 29.8. The Morgan fingerprint density at radius 2 is 0.740 bits per heavy atom. The van der Waals surface area contributed by atoms with Crippen molar-refractivity contribution in [3.63, 3.8) is 0 Å². The van der Waals surface area contributed by atoms with Gasteiger partial charge in [-0.1, -0.05) is 178 Å². The summed E-state index contributed by atoms with van der Waals surface area (Å²) in [4.78, 5) is 130. The molecule has 44 heteroatoms. The molecule has 0 spiro atoms. The number of aromatic nitrogens is 8. The van der Waals surface area contributed by atoms with E-state index in [-0.39, 0.29) is 91.8 Å². The van der Waals surface area contributed by atoms with Crippen molar-refractivity contribution in [3.05, 3.63) is 138 Å². The van der Waals surface area contributed by atoms with Crippen LogP contribution in [0, 0.1) is 57.7 Å². The number of nitrogens with one attached hydrogen (secondary N) is 4. The predicted octanol–water partition coefficient (Wildman–Crippen LogP) is 10.8. The highest BCUT2D eigenvalue weighted by Crippen LogP contribution is 2.58. The van der Waals surface area contributed by atoms with Gasteiger partial charge in [-0.2, -0.15) is 10.1 Å². The van der Waals surface area contributed by atoms with Gasteiger partial charge in [0, 0.05) is 56.0 Å². The molecule has 0 aromatic carbocycles. The summed E-state index contributed by atoms with van der Waals surface area (Å²) in [6, 6.07) is 7.32. The zero-order valence-corrected chi connectivity index (χ0v) is 88.7. The number of aromatic amines is 4. The monoisotopic (exact) mass is 1960 g/mol. The Labute approximate surface area is 773 Å². The third-order valence-corrected chi connectivity index (χ3v) is 58.8. The topological polar surface area (TPSA) is 491 Å². The summed E-state index contributed by atoms with van der Waals surface area (Å²) in [6.45, 7) is 62.4. The number of ketones is 1. The minimum Gasteiger partial charge on any atom is -0.414 e. The molecule has 16 atom stereocenters. The molecule has 7 fully saturated rings. The Kier molecular flexibility index (Phi) is 36.2. The van der Waals surface area contributed by atoms with E-state index in [1.807, 2.05) is 6.92 Å². The second-order valence-corrected chi connectivity index (χ2v) is 69.6. The van der Waals surface area contributed by atoms with Crippen LogP contribution in [-0.4, -0.2) is 211 Å². The van der Waals surface area contributed by atoms with Crippen LogP contribution in [0.2, 0.25) is 66.5 Å². The Morgan fingerprint density at radius 3 is 0.977 bits per heavy atom. The third-order valence-electron chi connectivity index (χ3n) is 26.7. The zero-order valence-electron chi connectivity index (χ0n) is 81.8. The van der Waals surface area contributed by atoms with E-state index in [1.165, 1.54) is 76.9 Å². The number of aldehydes is 1. The number of H-pyrrole nitrogens is 4. The van der Waals surface area contributed by atoms with Crippen molar-refractivity contribution in [1.82, 2.24) is 38.2 Å². The van der Waals surface area contributed by atoms with Crippen LogP contribution in [-0.2, 0) is 72.0 Å². The minimum atomic E-state index is -2.97. The van der Waals surface area contributed by atoms with Crippen LogP contribution in [0.5, 0.6) is 0 Å². The number of terminal acetylenes is 2. The lowest BCUT2D eigenvalue weighted by atomic mass is 9.83. The number of ether oxygens (including phenoxy) is 4. The molecule has 0 bridgehead atoms. The Hall–Kier alpha value is -7.02. The number of hydrogen-bond acceptors (Lipinski definition) is 27. The number of rotatable bonds is 20. The summed E-state index contributed by atoms with van der Waals surface area (Å²) in [7, 11) is -19.8. The lowest BCUT2D eigenvalue weighted by Gasteiger charge is -2.52. The fourth-order valence-electron chi connectivity index (χ4n) is 19.1. The fourth-order valence-corrected chi connectivity index (χ4v) is 54.0. The van der Waals surface area contributed by atoms with E-state index < -0.39 is 211 Å². The first-order valence-electron chi connectivity index (χ1n) is 44.9. The number of aliphatic hydroxyl groups excluding tert-OH is 2. The SMILES string of the molecule is C#C[C@]1(C)[C@@H]2O[Si](C(C)C)(C(C)C)O[Si](C(C)C)(C(C)C)OC[C@H]2O[C@H]1n1ccc(=O)[nH]c1=O.C#C[C@]1(C)[C@H](O)[C@@H](CO)O[C@H]1n1ccc(=O)[nH]c1=O.CC(=O)C(=[N+]=[N-])P(C)(C)=O.CC(C)[Si]1(C(C)C)OC[C@H]2O[C@@H](n3ccc(=O)[nH]c3=O)[C@](C)(C#N)[C@@H]2O[Si](C(C)C)(C(C)C)O1.CC(C)[Si]1(C(C)C)OC[C@H]2O[C@@H](n3ccc(=O)[nH]c3=O)[C@](C)(C=O)[C@@H]2O[Si](C(C)C)(C(C)C)O1. The first-order valence-corrected chi connectivity index (χ1v) is 59.3. The molecule has 131 heavy (non-hydrogen) atoms. The molecule has 4 aromatic heterocycles. The number of carbonyl (C=O) groups is 2. The van der Waals surface area contributed by atoms with Crippen LogP contribution in [0.1, 0.15) is 226 Å². The van der Waals surface area contributed by atoms with Gasteiger partial charge in [0.1, 0.15) is 53.1 Å². The maximum absolute atomic E-state index is 12.7. The van der Waals surface area contributed by atoms with Gasteiger partial charge >= 0.3 is 79.6 Å². The molecule has 11 rings (SSSR count). The molecule has 0 saturated carbocycles. The molecular formula is C87H142N11O26PSi6. The Morgan fingerprint density at radius 1 is 0.481 bits per heavy atom. The Bertz CT molecular complexity index is 5230. The van der Waals surface area contributed by atoms with Gasteiger partial charge < -0.3 is 83.0 Å². The van der Waals surface area contributed by atoms with Gasteiger partial charge in [0.25, 0.3) is 22.2 Å². The van der Waals surface area contributed by atoms with Crippen molar-refractivity contribution in [3.8, 4) is 30.8 Å². The number of nitriles is 1. The van der Waals surface area contributed by atoms with Crippen LogP contribution < -0.4 is 45.0 Å². The molecule has 0 unspecified atom stereocenters. The maximum atomic E-state index is 12.7. The van der Waals surface area contributed by atoms with Crippen molar-refractivity contribution in [2.75, 3.05) is 39.8 Å². The molecule has 7 aliphatic rings. The number of hydrogen-bond donors (Lipinski definition) is 6. The van der Waals surface area contributed by atoms with Gasteiger partial charge in [-0.25, -0.2) is 19.2 Å². The highest BCUT2D eigenvalue weighted by Gasteiger charge is 2.70. The summed E-state index contributed by atoms with van der Waals surface area (Å²) >= 11 is 0. The Balaban J connectivity index is 0.000000234. The smallest absolute Gasteiger partial charge is 0.388 e. The number of aliphatic hydroxyl groups is 2. The van der Waals surface area contributed by atoms with Crippen LogP contribution in [0.4, 0.5) is 0 Å². The molecule has 0 aliphatic carbocycles. The van der Waals surface area contributed by atoms with E-state index in [0.29, 0.717) is 0 Å². The summed E-state index contributed by atoms with van der Waals surface area (Å²) in [5.74, 6) is 4.84. The molecule has 730 valence electrons. The highest BCUT2D eigenvalue weighted by molar-refractivity contribution is 7.81. The predicted molar refractivity (Wildman–Crippen MR) is 506 cm³/mol. The molecule has 7 saturated heterocycles. The van der Waals surface area contributed by atoms with Gasteiger partial charge in [0.05, 0.1) is 56.2 Å². The van der Waals surface area contributed by atoms with Gasteiger partial charge in [-0.3, -0.25) is 62.2 Å². The van der Waals surface area contributed by atoms with E-state index >= 15 is 0 Å².